The van der Waals surface area contributed by atoms with Crippen LogP contribution in [-0.2, 0) is 12.8 Å². The van der Waals surface area contributed by atoms with Gasteiger partial charge in [0.15, 0.2) is 0 Å². The molecule has 0 aliphatic carbocycles. The summed E-state index contributed by atoms with van der Waals surface area (Å²) in [6.45, 7) is 17.8. The first kappa shape index (κ1) is 41.8. The molecule has 0 N–H and O–H groups in total. The molecule has 0 aliphatic rings. The number of thiol groups is 1. The topological polar surface area (TPSA) is 0 Å². The van der Waals surface area contributed by atoms with Crippen LogP contribution in [0.15, 0.2) is 162 Å². The Morgan fingerprint density at radius 2 is 1.02 bits per heavy atom. The zero-order valence-electron chi connectivity index (χ0n) is 37.2. The summed E-state index contributed by atoms with van der Waals surface area (Å²) in [5.74, 6) is 0. The second kappa shape index (κ2) is 18.0. The Morgan fingerprint density at radius 1 is 0.492 bits per heavy atom. The van der Waals surface area contributed by atoms with Crippen molar-refractivity contribution < 1.29 is 0 Å². The quantitative estimate of drug-likeness (QED) is 0.0572. The Hall–Kier alpha value is -5.89. The molecular formula is C60H58S. The van der Waals surface area contributed by atoms with Crippen molar-refractivity contribution >= 4 is 78.0 Å². The Kier molecular flexibility index (Phi) is 12.3. The number of allylic oxidation sites excluding steroid dienone is 8. The van der Waals surface area contributed by atoms with Gasteiger partial charge in [0.05, 0.1) is 0 Å². The molecule has 0 bridgehead atoms. The molecular weight excluding hydrogens is 753 g/mol. The van der Waals surface area contributed by atoms with Gasteiger partial charge in [-0.05, 0) is 210 Å². The van der Waals surface area contributed by atoms with Gasteiger partial charge in [0.2, 0.25) is 0 Å². The third-order valence-corrected chi connectivity index (χ3v) is 13.1. The van der Waals surface area contributed by atoms with Crippen LogP contribution in [-0.4, -0.2) is 0 Å². The molecule has 0 fully saturated rings. The Morgan fingerprint density at radius 3 is 1.64 bits per heavy atom. The van der Waals surface area contributed by atoms with E-state index in [4.69, 9.17) is 12.6 Å². The lowest BCUT2D eigenvalue weighted by Gasteiger charge is -2.19. The summed E-state index contributed by atoms with van der Waals surface area (Å²) in [5, 5.41) is 10.3. The van der Waals surface area contributed by atoms with Crippen molar-refractivity contribution in [3.63, 3.8) is 0 Å². The van der Waals surface area contributed by atoms with E-state index in [0.29, 0.717) is 0 Å². The molecule has 0 heterocycles. The number of hydrogen-bond acceptors (Lipinski definition) is 1. The summed E-state index contributed by atoms with van der Waals surface area (Å²) in [4.78, 5) is 0.984. The van der Waals surface area contributed by atoms with Gasteiger partial charge in [-0.3, -0.25) is 0 Å². The summed E-state index contributed by atoms with van der Waals surface area (Å²) in [6.07, 6.45) is 11.3. The van der Waals surface area contributed by atoms with Crippen molar-refractivity contribution in [2.24, 2.45) is 0 Å². The highest BCUT2D eigenvalue weighted by molar-refractivity contribution is 7.80. The SMILES string of the molecule is C/C=C(\C(C)=C(/C)c1c2ccc(C)cc2cc2ccc(S)cc12)c1ccccc1CCCCc1ccccc1C(=C/C)/C=C(\C)c1c2ccc(C)cc2cc2ccc(C)cc12. The van der Waals surface area contributed by atoms with Crippen LogP contribution >= 0.6 is 12.6 Å². The molecule has 0 nitrogen and oxygen atoms in total. The molecule has 8 aromatic carbocycles. The maximum absolute atomic E-state index is 4.77. The number of hydrogen-bond donors (Lipinski definition) is 1. The minimum Gasteiger partial charge on any atom is -0.143 e. The fourth-order valence-corrected chi connectivity index (χ4v) is 9.85. The first-order chi connectivity index (χ1) is 29.5. The maximum Gasteiger partial charge on any atom is 0.00465 e. The number of fused-ring (bicyclic) bond motifs is 4. The Balaban J connectivity index is 1.05. The zero-order valence-corrected chi connectivity index (χ0v) is 38.1. The Labute approximate surface area is 369 Å². The molecule has 0 unspecified atom stereocenters. The van der Waals surface area contributed by atoms with Crippen molar-refractivity contribution in [3.8, 4) is 0 Å². The predicted molar refractivity (Wildman–Crippen MR) is 273 cm³/mol. The fourth-order valence-electron chi connectivity index (χ4n) is 9.65. The molecule has 0 spiro atoms. The molecule has 0 atom stereocenters. The first-order valence-corrected chi connectivity index (χ1v) is 22.4. The van der Waals surface area contributed by atoms with E-state index in [1.807, 2.05) is 0 Å². The van der Waals surface area contributed by atoms with Gasteiger partial charge in [-0.25, -0.2) is 0 Å². The van der Waals surface area contributed by atoms with Crippen molar-refractivity contribution in [1.82, 2.24) is 0 Å². The average Bonchev–Trinajstić information content (AvgIpc) is 3.26. The number of benzene rings is 8. The highest BCUT2D eigenvalue weighted by atomic mass is 32.1. The first-order valence-electron chi connectivity index (χ1n) is 22.0. The van der Waals surface area contributed by atoms with Gasteiger partial charge in [0, 0.05) is 4.90 Å². The molecule has 0 aromatic heterocycles. The van der Waals surface area contributed by atoms with Gasteiger partial charge in [-0.15, -0.1) is 12.6 Å². The van der Waals surface area contributed by atoms with Crippen LogP contribution in [0.3, 0.4) is 0 Å². The normalized spacial score (nSPS) is 13.2. The van der Waals surface area contributed by atoms with Gasteiger partial charge in [0.1, 0.15) is 0 Å². The Bertz CT molecular complexity index is 3110. The molecule has 0 saturated carbocycles. The maximum atomic E-state index is 4.77. The molecule has 0 radical (unpaired) electrons. The van der Waals surface area contributed by atoms with Gasteiger partial charge in [-0.2, -0.15) is 0 Å². The summed E-state index contributed by atoms with van der Waals surface area (Å²) in [5.41, 5.74) is 18.5. The second-order valence-corrected chi connectivity index (χ2v) is 17.6. The van der Waals surface area contributed by atoms with Crippen LogP contribution in [0.2, 0.25) is 0 Å². The lowest BCUT2D eigenvalue weighted by atomic mass is 9.85. The summed E-state index contributed by atoms with van der Waals surface area (Å²) in [7, 11) is 0. The van der Waals surface area contributed by atoms with Crippen molar-refractivity contribution in [2.45, 2.75) is 86.0 Å². The van der Waals surface area contributed by atoms with E-state index >= 15 is 0 Å². The lowest BCUT2D eigenvalue weighted by Crippen LogP contribution is -1.99. The van der Waals surface area contributed by atoms with E-state index in [1.54, 1.807) is 0 Å². The van der Waals surface area contributed by atoms with Gasteiger partial charge in [0.25, 0.3) is 0 Å². The predicted octanol–water partition coefficient (Wildman–Crippen LogP) is 17.5. The largest absolute Gasteiger partial charge is 0.143 e. The van der Waals surface area contributed by atoms with E-state index in [-0.39, 0.29) is 0 Å². The van der Waals surface area contributed by atoms with E-state index in [2.05, 4.69) is 207 Å². The number of rotatable bonds is 11. The molecule has 8 aromatic rings. The molecule has 1 heteroatoms. The van der Waals surface area contributed by atoms with Crippen LogP contribution in [0.25, 0.3) is 65.4 Å². The van der Waals surface area contributed by atoms with E-state index in [1.165, 1.54) is 121 Å². The molecule has 0 amide bonds. The summed E-state index contributed by atoms with van der Waals surface area (Å²) in [6, 6.07) is 49.9. The highest BCUT2D eigenvalue weighted by Crippen LogP contribution is 2.40. The van der Waals surface area contributed by atoms with Crippen LogP contribution < -0.4 is 0 Å². The third-order valence-electron chi connectivity index (χ3n) is 12.8. The summed E-state index contributed by atoms with van der Waals surface area (Å²) < 4.78 is 0. The third kappa shape index (κ3) is 8.55. The van der Waals surface area contributed by atoms with Crippen LogP contribution in [0.4, 0.5) is 0 Å². The second-order valence-electron chi connectivity index (χ2n) is 17.1. The summed E-state index contributed by atoms with van der Waals surface area (Å²) >= 11 is 4.77. The van der Waals surface area contributed by atoms with Crippen molar-refractivity contribution in [1.29, 1.82) is 0 Å². The van der Waals surface area contributed by atoms with Crippen molar-refractivity contribution in [2.75, 3.05) is 0 Å². The monoisotopic (exact) mass is 810 g/mol. The minimum atomic E-state index is 0.984. The molecule has 61 heavy (non-hydrogen) atoms. The van der Waals surface area contributed by atoms with Crippen LogP contribution in [0.5, 0.6) is 0 Å². The highest BCUT2D eigenvalue weighted by Gasteiger charge is 2.17. The molecule has 8 rings (SSSR count). The van der Waals surface area contributed by atoms with E-state index < -0.39 is 0 Å². The molecule has 0 aliphatic heterocycles. The minimum absolute atomic E-state index is 0.984. The van der Waals surface area contributed by atoms with Gasteiger partial charge >= 0.3 is 0 Å². The zero-order chi connectivity index (χ0) is 42.8. The van der Waals surface area contributed by atoms with Crippen LogP contribution in [0, 0.1) is 20.8 Å². The van der Waals surface area contributed by atoms with Crippen LogP contribution in [0.1, 0.15) is 97.5 Å². The fraction of sp³-hybridized carbons (Fsp3) is 0.200. The standard InChI is InChI=1S/C60H58S/c1-9-44(34-41(6)59-55-29-24-38(3)31-49(55)35-47-26-23-40(5)33-57(47)59)53-21-15-13-18-45(53)17-11-12-19-46-20-14-16-22-54(46)52(10-2)42(7)43(8)60-56-30-25-39(4)32-50(56)36-48-27-28-51(61)37-58(48)60/h9-10,13-16,18,20-37,61H,11-12,17,19H2,1-8H3/b41-34+,43-42+,44-9+,52-10+. The average molecular weight is 811 g/mol. The van der Waals surface area contributed by atoms with Gasteiger partial charge in [-0.1, -0.05) is 144 Å². The van der Waals surface area contributed by atoms with E-state index in [0.717, 1.165) is 30.6 Å². The molecule has 304 valence electrons. The number of unbranched alkanes of at least 4 members (excludes halogenated alkanes) is 1. The lowest BCUT2D eigenvalue weighted by molar-refractivity contribution is 0.732. The van der Waals surface area contributed by atoms with Gasteiger partial charge < -0.3 is 0 Å². The van der Waals surface area contributed by atoms with E-state index in [9.17, 15) is 0 Å². The molecule has 0 saturated heterocycles. The number of aryl methyl sites for hydroxylation is 5. The smallest absolute Gasteiger partial charge is 0.00465 e. The van der Waals surface area contributed by atoms with Crippen molar-refractivity contribution in [3.05, 3.63) is 207 Å².